The van der Waals surface area contributed by atoms with E-state index < -0.39 is 39.7 Å². The Morgan fingerprint density at radius 3 is 2.35 bits per heavy atom. The van der Waals surface area contributed by atoms with Crippen LogP contribution in [0.2, 0.25) is 0 Å². The lowest BCUT2D eigenvalue weighted by molar-refractivity contribution is -0.151. The van der Waals surface area contributed by atoms with Crippen LogP contribution >= 0.6 is 11.8 Å². The molecule has 0 radical (unpaired) electrons. The Kier molecular flexibility index (Phi) is 18.1. The number of sulfonamides is 1. The van der Waals surface area contributed by atoms with Crippen LogP contribution in [0, 0.1) is 35.5 Å². The van der Waals surface area contributed by atoms with E-state index in [0.29, 0.717) is 102 Å². The SMILES string of the molecule is CS(=O)(=O)N1CCC(C(=O)NCC(=O)NC2NC(C3CCCC(C4CCNC(N5CCN(C(=O)CCOCCOCCNC6CCCC7C(=O)N(C8CCC(=O)NC8=O)C(=O)C67)CC5)C4)C3)CS2)C1. The van der Waals surface area contributed by atoms with Gasteiger partial charge in [-0.25, -0.2) is 12.7 Å². The molecule has 2 aliphatic carbocycles. The summed E-state index contributed by atoms with van der Waals surface area (Å²) in [7, 11) is -3.34. The molecule has 386 valence electrons. The molecule has 6 aliphatic heterocycles. The number of carbonyl (C=O) groups is 7. The highest BCUT2D eigenvalue weighted by Gasteiger charge is 2.55. The van der Waals surface area contributed by atoms with Crippen LogP contribution in [-0.4, -0.2) is 196 Å². The van der Waals surface area contributed by atoms with E-state index in [2.05, 4.69) is 36.8 Å². The van der Waals surface area contributed by atoms with Gasteiger partial charge in [0.15, 0.2) is 0 Å². The van der Waals surface area contributed by atoms with Crippen molar-refractivity contribution < 1.29 is 51.5 Å². The van der Waals surface area contributed by atoms with Crippen LogP contribution in [0.25, 0.3) is 0 Å². The summed E-state index contributed by atoms with van der Waals surface area (Å²) in [5.41, 5.74) is -0.210. The van der Waals surface area contributed by atoms with Crippen LogP contribution in [0.15, 0.2) is 0 Å². The number of imide groups is 2. The molecule has 0 bridgehead atoms. The molecule has 6 N–H and O–H groups in total. The lowest BCUT2D eigenvalue weighted by atomic mass is 9.70. The minimum atomic E-state index is -3.34. The first-order valence-electron chi connectivity index (χ1n) is 25.5. The number of piperidine rings is 2. The van der Waals surface area contributed by atoms with Gasteiger partial charge in [-0.3, -0.25) is 54.0 Å². The van der Waals surface area contributed by atoms with Gasteiger partial charge in [-0.05, 0) is 75.7 Å². The average molecular weight is 1010 g/mol. The smallest absolute Gasteiger partial charge is 0.249 e. The van der Waals surface area contributed by atoms with Gasteiger partial charge < -0.3 is 35.6 Å². The van der Waals surface area contributed by atoms with Gasteiger partial charge in [-0.15, -0.1) is 11.8 Å². The van der Waals surface area contributed by atoms with Crippen molar-refractivity contribution in [3.05, 3.63) is 0 Å². The molecule has 8 aliphatic rings. The molecule has 6 heterocycles. The fourth-order valence-electron chi connectivity index (χ4n) is 12.3. The minimum absolute atomic E-state index is 0.0979. The Hall–Kier alpha value is -3.29. The molecule has 2 saturated carbocycles. The van der Waals surface area contributed by atoms with Crippen molar-refractivity contribution in [2.24, 2.45) is 35.5 Å². The summed E-state index contributed by atoms with van der Waals surface area (Å²) in [6.07, 6.45) is 11.7. The highest BCUT2D eigenvalue weighted by Crippen LogP contribution is 2.42. The van der Waals surface area contributed by atoms with E-state index in [-0.39, 0.29) is 72.9 Å². The number of hydrogen-bond donors (Lipinski definition) is 6. The number of rotatable bonds is 19. The molecule has 8 fully saturated rings. The third kappa shape index (κ3) is 13.2. The largest absolute Gasteiger partial charge is 0.379 e. The molecule has 8 rings (SSSR count). The normalized spacial score (nSPS) is 33.9. The van der Waals surface area contributed by atoms with Crippen LogP contribution in [0.1, 0.15) is 83.5 Å². The third-order valence-electron chi connectivity index (χ3n) is 16.0. The summed E-state index contributed by atoms with van der Waals surface area (Å²) >= 11 is 1.70. The first-order valence-corrected chi connectivity index (χ1v) is 28.4. The van der Waals surface area contributed by atoms with E-state index in [1.165, 1.54) is 36.4 Å². The van der Waals surface area contributed by atoms with Gasteiger partial charge in [0.2, 0.25) is 51.4 Å². The highest BCUT2D eigenvalue weighted by molar-refractivity contribution is 8.00. The fraction of sp³-hybridized carbons (Fsp3) is 0.848. The minimum Gasteiger partial charge on any atom is -0.379 e. The highest BCUT2D eigenvalue weighted by atomic mass is 32.2. The van der Waals surface area contributed by atoms with E-state index in [9.17, 15) is 42.0 Å². The van der Waals surface area contributed by atoms with Crippen LogP contribution in [0.4, 0.5) is 0 Å². The lowest BCUT2D eigenvalue weighted by Gasteiger charge is -2.45. The van der Waals surface area contributed by atoms with Crippen molar-refractivity contribution in [1.29, 1.82) is 0 Å². The Morgan fingerprint density at radius 2 is 1.58 bits per heavy atom. The Bertz CT molecular complexity index is 1990. The summed E-state index contributed by atoms with van der Waals surface area (Å²) in [6, 6.07) is -0.809. The molecule has 0 spiro atoms. The van der Waals surface area contributed by atoms with Gasteiger partial charge in [0.05, 0.1) is 69.6 Å². The van der Waals surface area contributed by atoms with E-state index in [0.717, 1.165) is 55.8 Å². The third-order valence-corrected chi connectivity index (χ3v) is 18.4. The number of thioether (sulfide) groups is 1. The maximum atomic E-state index is 13.4. The predicted octanol–water partition coefficient (Wildman–Crippen LogP) is -1.26. The molecule has 69 heavy (non-hydrogen) atoms. The van der Waals surface area contributed by atoms with Crippen molar-refractivity contribution in [1.82, 2.24) is 50.9 Å². The second kappa shape index (κ2) is 24.0. The number of nitrogens with one attached hydrogen (secondary N) is 6. The standard InChI is InChI=1S/C46H74N10O11S2/c1-69(64,65)55-15-11-32(27-55)42(60)49-26-39(58)52-46-50-35(28-68-46)31-5-2-4-29(24-31)30-10-13-48-37(25-30)53-16-18-54(19-17-53)40(59)12-20-66-22-23-67-21-14-47-34-7-3-6-33-41(34)45(63)56(44(33)62)36-8-9-38(57)51-43(36)61/h29-37,41,46-48,50H,2-28H2,1H3,(H,49,60)(H,52,58)(H,51,57,61). The van der Waals surface area contributed by atoms with E-state index in [1.807, 2.05) is 4.90 Å². The van der Waals surface area contributed by atoms with E-state index >= 15 is 0 Å². The zero-order chi connectivity index (χ0) is 48.7. The van der Waals surface area contributed by atoms with Crippen LogP contribution in [0.5, 0.6) is 0 Å². The van der Waals surface area contributed by atoms with Crippen LogP contribution < -0.4 is 31.9 Å². The first-order chi connectivity index (χ1) is 33.2. The van der Waals surface area contributed by atoms with Crippen molar-refractivity contribution in [2.75, 3.05) is 97.3 Å². The quantitative estimate of drug-likeness (QED) is 0.0652. The van der Waals surface area contributed by atoms with Gasteiger partial charge in [0, 0.05) is 70.1 Å². The number of hydrogen-bond acceptors (Lipinski definition) is 16. The molecular formula is C46H74N10O11S2. The summed E-state index contributed by atoms with van der Waals surface area (Å²) < 4.78 is 36.4. The maximum Gasteiger partial charge on any atom is 0.249 e. The summed E-state index contributed by atoms with van der Waals surface area (Å²) in [5.74, 6) is -0.740. The molecule has 0 aromatic carbocycles. The summed E-state index contributed by atoms with van der Waals surface area (Å²) in [4.78, 5) is 94.8. The molecule has 23 heteroatoms. The van der Waals surface area contributed by atoms with Crippen molar-refractivity contribution in [2.45, 2.75) is 113 Å². The Morgan fingerprint density at radius 1 is 0.826 bits per heavy atom. The van der Waals surface area contributed by atoms with Gasteiger partial charge >= 0.3 is 0 Å². The fourth-order valence-corrected chi connectivity index (χ4v) is 14.4. The van der Waals surface area contributed by atoms with Gasteiger partial charge in [0.25, 0.3) is 0 Å². The van der Waals surface area contributed by atoms with Gasteiger partial charge in [-0.1, -0.05) is 19.3 Å². The number of amides is 7. The van der Waals surface area contributed by atoms with E-state index in [4.69, 9.17) is 9.47 Å². The molecule has 0 aromatic heterocycles. The van der Waals surface area contributed by atoms with Crippen LogP contribution in [0.3, 0.4) is 0 Å². The zero-order valence-electron chi connectivity index (χ0n) is 40.0. The van der Waals surface area contributed by atoms with Crippen molar-refractivity contribution in [3.63, 3.8) is 0 Å². The Labute approximate surface area is 410 Å². The second-order valence-corrected chi connectivity index (χ2v) is 23.5. The Balaban J connectivity index is 0.659. The average Bonchev–Trinajstić information content (AvgIpc) is 4.10. The van der Waals surface area contributed by atoms with E-state index in [1.54, 1.807) is 11.8 Å². The molecule has 7 amide bonds. The monoisotopic (exact) mass is 1010 g/mol. The lowest BCUT2D eigenvalue weighted by Crippen LogP contribution is -2.58. The van der Waals surface area contributed by atoms with Crippen molar-refractivity contribution >= 4 is 63.1 Å². The molecule has 21 nitrogen and oxygen atoms in total. The molecule has 6 saturated heterocycles. The number of nitrogens with zero attached hydrogens (tertiary/aromatic N) is 4. The van der Waals surface area contributed by atoms with Gasteiger partial charge in [0.1, 0.15) is 11.5 Å². The maximum absolute atomic E-state index is 13.4. The molecule has 0 aromatic rings. The molecular weight excluding hydrogens is 933 g/mol. The summed E-state index contributed by atoms with van der Waals surface area (Å²) in [6.45, 7) is 6.30. The molecule has 11 unspecified atom stereocenters. The molecule has 11 atom stereocenters. The first kappa shape index (κ1) is 52.0. The number of ether oxygens (including phenoxy) is 2. The number of carbonyl (C=O) groups excluding carboxylic acids is 7. The number of fused-ring (bicyclic) bond motifs is 1. The second-order valence-electron chi connectivity index (χ2n) is 20.3. The summed E-state index contributed by atoms with van der Waals surface area (Å²) in [5, 5.41) is 18.8. The number of likely N-dealkylation sites (tertiary alicyclic amines) is 1. The van der Waals surface area contributed by atoms with Gasteiger partial charge in [-0.2, -0.15) is 0 Å². The topological polar surface area (TPSA) is 257 Å². The predicted molar refractivity (Wildman–Crippen MR) is 254 cm³/mol. The zero-order valence-corrected chi connectivity index (χ0v) is 41.7. The van der Waals surface area contributed by atoms with Crippen molar-refractivity contribution in [3.8, 4) is 0 Å². The van der Waals surface area contributed by atoms with Crippen LogP contribution in [-0.2, 0) is 53.1 Å². The number of piperazine rings is 1.